The minimum atomic E-state index is -0.793. The summed E-state index contributed by atoms with van der Waals surface area (Å²) < 4.78 is 18.9. The predicted molar refractivity (Wildman–Crippen MR) is 80.1 cm³/mol. The van der Waals surface area contributed by atoms with Gasteiger partial charge >= 0.3 is 0 Å². The van der Waals surface area contributed by atoms with Crippen molar-refractivity contribution >= 4 is 0 Å². The van der Waals surface area contributed by atoms with Gasteiger partial charge in [0.05, 0.1) is 13.2 Å². The molecule has 3 nitrogen and oxygen atoms in total. The minimum Gasteiger partial charge on any atom is -0.496 e. The number of nitrogens with zero attached hydrogens (tertiary/aromatic N) is 1. The molecule has 0 saturated heterocycles. The number of ether oxygens (including phenoxy) is 1. The lowest BCUT2D eigenvalue weighted by molar-refractivity contribution is 0.176. The van der Waals surface area contributed by atoms with Crippen molar-refractivity contribution in [3.63, 3.8) is 0 Å². The average Bonchev–Trinajstić information content (AvgIpc) is 2.45. The number of benzene rings is 1. The summed E-state index contributed by atoms with van der Waals surface area (Å²) in [5.74, 6) is 0.472. The van der Waals surface area contributed by atoms with E-state index in [2.05, 4.69) is 4.98 Å². The van der Waals surface area contributed by atoms with Gasteiger partial charge in [-0.05, 0) is 38.0 Å². The standard InChI is InChI=1S/C17H20FNO2/c1-10-5-6-13(7-14(10)18)16(20)8-15-12(3)17(21-4)11(2)9-19-15/h5-7,9,16,20H,8H2,1-4H3. The average molecular weight is 289 g/mol. The fourth-order valence-electron chi connectivity index (χ4n) is 2.39. The number of aryl methyl sites for hydroxylation is 2. The molecule has 0 aliphatic carbocycles. The molecule has 0 aliphatic heterocycles. The van der Waals surface area contributed by atoms with E-state index in [4.69, 9.17) is 4.74 Å². The second-order valence-electron chi connectivity index (χ2n) is 5.27. The number of rotatable bonds is 4. The highest BCUT2D eigenvalue weighted by atomic mass is 19.1. The molecular weight excluding hydrogens is 269 g/mol. The van der Waals surface area contributed by atoms with E-state index in [1.807, 2.05) is 13.8 Å². The summed E-state index contributed by atoms with van der Waals surface area (Å²) in [7, 11) is 1.62. The Labute approximate surface area is 124 Å². The zero-order chi connectivity index (χ0) is 15.6. The van der Waals surface area contributed by atoms with Crippen LogP contribution in [0.1, 0.15) is 34.1 Å². The Hall–Kier alpha value is -1.94. The molecule has 0 bridgehead atoms. The third-order valence-corrected chi connectivity index (χ3v) is 3.72. The van der Waals surface area contributed by atoms with Crippen molar-refractivity contribution in [2.45, 2.75) is 33.3 Å². The fourth-order valence-corrected chi connectivity index (χ4v) is 2.39. The van der Waals surface area contributed by atoms with Crippen LogP contribution in [0, 0.1) is 26.6 Å². The number of hydrogen-bond donors (Lipinski definition) is 1. The van der Waals surface area contributed by atoms with Crippen molar-refractivity contribution in [3.8, 4) is 5.75 Å². The first-order valence-electron chi connectivity index (χ1n) is 6.87. The highest BCUT2D eigenvalue weighted by Gasteiger charge is 2.15. The molecule has 1 unspecified atom stereocenters. The summed E-state index contributed by atoms with van der Waals surface area (Å²) in [5.41, 5.74) is 3.74. The van der Waals surface area contributed by atoms with E-state index in [1.54, 1.807) is 32.4 Å². The normalized spacial score (nSPS) is 12.3. The lowest BCUT2D eigenvalue weighted by atomic mass is 10.00. The number of pyridine rings is 1. The van der Waals surface area contributed by atoms with Crippen LogP contribution in [0.4, 0.5) is 4.39 Å². The summed E-state index contributed by atoms with van der Waals surface area (Å²) >= 11 is 0. The molecule has 1 heterocycles. The molecule has 0 amide bonds. The Morgan fingerprint density at radius 2 is 1.95 bits per heavy atom. The smallest absolute Gasteiger partial charge is 0.128 e. The van der Waals surface area contributed by atoms with E-state index in [0.29, 0.717) is 17.5 Å². The Morgan fingerprint density at radius 3 is 2.57 bits per heavy atom. The molecule has 0 saturated carbocycles. The van der Waals surface area contributed by atoms with Crippen molar-refractivity contribution in [3.05, 3.63) is 58.2 Å². The third kappa shape index (κ3) is 3.22. The molecule has 4 heteroatoms. The summed E-state index contributed by atoms with van der Waals surface area (Å²) in [6.45, 7) is 5.53. The van der Waals surface area contributed by atoms with Crippen molar-refractivity contribution in [1.29, 1.82) is 0 Å². The molecule has 0 spiro atoms. The van der Waals surface area contributed by atoms with Crippen LogP contribution in [-0.4, -0.2) is 17.2 Å². The first kappa shape index (κ1) is 15.4. The van der Waals surface area contributed by atoms with Crippen LogP contribution in [0.2, 0.25) is 0 Å². The van der Waals surface area contributed by atoms with Gasteiger partial charge in [-0.2, -0.15) is 0 Å². The fraction of sp³-hybridized carbons (Fsp3) is 0.353. The van der Waals surface area contributed by atoms with Crippen LogP contribution >= 0.6 is 0 Å². The van der Waals surface area contributed by atoms with Crippen LogP contribution in [0.3, 0.4) is 0 Å². The maximum Gasteiger partial charge on any atom is 0.128 e. The summed E-state index contributed by atoms with van der Waals surface area (Å²) in [6.07, 6.45) is 1.26. The first-order chi connectivity index (χ1) is 9.93. The van der Waals surface area contributed by atoms with Gasteiger partial charge in [-0.25, -0.2) is 4.39 Å². The largest absolute Gasteiger partial charge is 0.496 e. The van der Waals surface area contributed by atoms with Gasteiger partial charge in [-0.15, -0.1) is 0 Å². The van der Waals surface area contributed by atoms with Crippen LogP contribution in [0.15, 0.2) is 24.4 Å². The van der Waals surface area contributed by atoms with Crippen molar-refractivity contribution in [2.75, 3.05) is 7.11 Å². The van der Waals surface area contributed by atoms with Crippen LogP contribution in [0.25, 0.3) is 0 Å². The van der Waals surface area contributed by atoms with Crippen molar-refractivity contribution < 1.29 is 14.2 Å². The van der Waals surface area contributed by atoms with Gasteiger partial charge < -0.3 is 9.84 Å². The summed E-state index contributed by atoms with van der Waals surface area (Å²) in [4.78, 5) is 4.36. The molecule has 21 heavy (non-hydrogen) atoms. The Kier molecular flexibility index (Phi) is 4.58. The Balaban J connectivity index is 2.27. The molecular formula is C17H20FNO2. The van der Waals surface area contributed by atoms with E-state index in [-0.39, 0.29) is 5.82 Å². The van der Waals surface area contributed by atoms with E-state index >= 15 is 0 Å². The SMILES string of the molecule is COc1c(C)cnc(CC(O)c2ccc(C)c(F)c2)c1C. The maximum atomic E-state index is 13.6. The van der Waals surface area contributed by atoms with Gasteiger partial charge in [0.2, 0.25) is 0 Å². The molecule has 1 N–H and O–H groups in total. The van der Waals surface area contributed by atoms with Gasteiger partial charge in [-0.1, -0.05) is 12.1 Å². The maximum absolute atomic E-state index is 13.6. The first-order valence-corrected chi connectivity index (χ1v) is 6.87. The number of hydrogen-bond acceptors (Lipinski definition) is 3. The second-order valence-corrected chi connectivity index (χ2v) is 5.27. The zero-order valence-corrected chi connectivity index (χ0v) is 12.8. The molecule has 2 rings (SSSR count). The van der Waals surface area contributed by atoms with Crippen molar-refractivity contribution in [1.82, 2.24) is 4.98 Å². The molecule has 1 atom stereocenters. The van der Waals surface area contributed by atoms with Gasteiger partial charge in [0, 0.05) is 29.4 Å². The minimum absolute atomic E-state index is 0.308. The molecule has 0 aliphatic rings. The predicted octanol–water partition coefficient (Wildman–Crippen LogP) is 3.43. The van der Waals surface area contributed by atoms with Gasteiger partial charge in [0.15, 0.2) is 0 Å². The lowest BCUT2D eigenvalue weighted by Gasteiger charge is -2.16. The molecule has 0 radical (unpaired) electrons. The Morgan fingerprint density at radius 1 is 1.24 bits per heavy atom. The monoisotopic (exact) mass is 289 g/mol. The van der Waals surface area contributed by atoms with E-state index < -0.39 is 6.10 Å². The highest BCUT2D eigenvalue weighted by Crippen LogP contribution is 2.27. The lowest BCUT2D eigenvalue weighted by Crippen LogP contribution is -2.07. The number of aliphatic hydroxyl groups excluding tert-OH is 1. The van der Waals surface area contributed by atoms with Crippen LogP contribution < -0.4 is 4.74 Å². The van der Waals surface area contributed by atoms with E-state index in [1.165, 1.54) is 6.07 Å². The van der Waals surface area contributed by atoms with Crippen LogP contribution in [0.5, 0.6) is 5.75 Å². The molecule has 1 aromatic carbocycles. The zero-order valence-electron chi connectivity index (χ0n) is 12.8. The molecule has 112 valence electrons. The number of halogens is 1. The summed E-state index contributed by atoms with van der Waals surface area (Å²) in [6, 6.07) is 4.79. The van der Waals surface area contributed by atoms with Gasteiger partial charge in [0.25, 0.3) is 0 Å². The van der Waals surface area contributed by atoms with E-state index in [9.17, 15) is 9.50 Å². The van der Waals surface area contributed by atoms with Crippen LogP contribution in [-0.2, 0) is 6.42 Å². The van der Waals surface area contributed by atoms with E-state index in [0.717, 1.165) is 22.6 Å². The number of methoxy groups -OCH3 is 1. The molecule has 0 fully saturated rings. The van der Waals surface area contributed by atoms with Gasteiger partial charge in [0.1, 0.15) is 11.6 Å². The number of aliphatic hydroxyl groups is 1. The molecule has 1 aromatic heterocycles. The van der Waals surface area contributed by atoms with Gasteiger partial charge in [-0.3, -0.25) is 4.98 Å². The topological polar surface area (TPSA) is 42.4 Å². The Bertz CT molecular complexity index is 655. The quantitative estimate of drug-likeness (QED) is 0.937. The number of aromatic nitrogens is 1. The second kappa shape index (κ2) is 6.22. The molecule has 2 aromatic rings. The summed E-state index contributed by atoms with van der Waals surface area (Å²) in [5, 5.41) is 10.3. The third-order valence-electron chi connectivity index (χ3n) is 3.72. The highest BCUT2D eigenvalue weighted by molar-refractivity contribution is 5.41. The van der Waals surface area contributed by atoms with Crippen molar-refractivity contribution in [2.24, 2.45) is 0 Å².